The first-order valence-electron chi connectivity index (χ1n) is 7.43. The zero-order chi connectivity index (χ0) is 16.2. The Balaban J connectivity index is 1.55. The summed E-state index contributed by atoms with van der Waals surface area (Å²) < 4.78 is 13.6. The number of carbonyl (C=O) groups excluding carboxylic acids is 1. The van der Waals surface area contributed by atoms with E-state index in [2.05, 4.69) is 16.4 Å². The van der Waals surface area contributed by atoms with Gasteiger partial charge in [-0.3, -0.25) is 4.79 Å². The summed E-state index contributed by atoms with van der Waals surface area (Å²) in [5, 5.41) is 4.06. The van der Waals surface area contributed by atoms with Gasteiger partial charge in [0.1, 0.15) is 5.82 Å². The lowest BCUT2D eigenvalue weighted by atomic mass is 10.1. The number of halogens is 2. The van der Waals surface area contributed by atoms with E-state index in [0.717, 1.165) is 11.9 Å². The SMILES string of the molecule is O=C(CCCc1c[nH]c2ccccc12)Nc1ccc(Cl)cc1F. The number of H-pyrrole nitrogens is 1. The summed E-state index contributed by atoms with van der Waals surface area (Å²) >= 11 is 5.69. The number of aromatic nitrogens is 1. The molecule has 23 heavy (non-hydrogen) atoms. The summed E-state index contributed by atoms with van der Waals surface area (Å²) in [6.07, 6.45) is 3.80. The molecule has 2 N–H and O–H groups in total. The molecule has 0 radical (unpaired) electrons. The quantitative estimate of drug-likeness (QED) is 0.685. The number of anilines is 1. The van der Waals surface area contributed by atoms with E-state index in [1.54, 1.807) is 6.07 Å². The van der Waals surface area contributed by atoms with Gasteiger partial charge >= 0.3 is 0 Å². The standard InChI is InChI=1S/C18H16ClFN2O/c19-13-8-9-17(15(20)10-13)22-18(23)7-3-4-12-11-21-16-6-2-1-5-14(12)16/h1-2,5-6,8-11,21H,3-4,7H2,(H,22,23). The van der Waals surface area contributed by atoms with E-state index in [1.165, 1.54) is 23.1 Å². The minimum atomic E-state index is -0.525. The van der Waals surface area contributed by atoms with Crippen molar-refractivity contribution in [2.75, 3.05) is 5.32 Å². The molecule has 3 nitrogen and oxygen atoms in total. The second-order valence-electron chi connectivity index (χ2n) is 5.39. The molecule has 0 spiro atoms. The van der Waals surface area contributed by atoms with E-state index in [-0.39, 0.29) is 11.6 Å². The van der Waals surface area contributed by atoms with Gasteiger partial charge in [-0.15, -0.1) is 0 Å². The molecule has 5 heteroatoms. The van der Waals surface area contributed by atoms with Gasteiger partial charge in [0.25, 0.3) is 0 Å². The highest BCUT2D eigenvalue weighted by molar-refractivity contribution is 6.30. The van der Waals surface area contributed by atoms with Crippen molar-refractivity contribution in [2.24, 2.45) is 0 Å². The number of fused-ring (bicyclic) bond motifs is 1. The van der Waals surface area contributed by atoms with Crippen LogP contribution in [-0.2, 0) is 11.2 Å². The molecular weight excluding hydrogens is 315 g/mol. The highest BCUT2D eigenvalue weighted by atomic mass is 35.5. The minimum absolute atomic E-state index is 0.159. The van der Waals surface area contributed by atoms with E-state index in [4.69, 9.17) is 11.6 Å². The lowest BCUT2D eigenvalue weighted by Gasteiger charge is -2.06. The van der Waals surface area contributed by atoms with Crippen molar-refractivity contribution < 1.29 is 9.18 Å². The summed E-state index contributed by atoms with van der Waals surface area (Å²) in [5.74, 6) is -0.728. The molecule has 1 heterocycles. The van der Waals surface area contributed by atoms with Crippen LogP contribution in [0.3, 0.4) is 0 Å². The number of aryl methyl sites for hydroxylation is 1. The molecule has 0 aliphatic carbocycles. The van der Waals surface area contributed by atoms with Gasteiger partial charge in [0.15, 0.2) is 0 Å². The normalized spacial score (nSPS) is 10.9. The molecule has 3 rings (SSSR count). The van der Waals surface area contributed by atoms with Crippen molar-refractivity contribution in [1.82, 2.24) is 4.98 Å². The maximum atomic E-state index is 13.6. The van der Waals surface area contributed by atoms with E-state index < -0.39 is 5.82 Å². The first kappa shape index (κ1) is 15.6. The Hall–Kier alpha value is -2.33. The maximum absolute atomic E-state index is 13.6. The summed E-state index contributed by atoms with van der Waals surface area (Å²) in [5.41, 5.74) is 2.44. The largest absolute Gasteiger partial charge is 0.361 e. The zero-order valence-electron chi connectivity index (χ0n) is 12.4. The van der Waals surface area contributed by atoms with Gasteiger partial charge in [-0.1, -0.05) is 29.8 Å². The third-order valence-corrected chi connectivity index (χ3v) is 3.97. The molecule has 0 fully saturated rings. The second kappa shape index (κ2) is 6.84. The fraction of sp³-hybridized carbons (Fsp3) is 0.167. The minimum Gasteiger partial charge on any atom is -0.361 e. The van der Waals surface area contributed by atoms with E-state index >= 15 is 0 Å². The van der Waals surface area contributed by atoms with Gasteiger partial charge in [0, 0.05) is 28.5 Å². The van der Waals surface area contributed by atoms with Gasteiger partial charge < -0.3 is 10.3 Å². The van der Waals surface area contributed by atoms with Crippen molar-refractivity contribution in [2.45, 2.75) is 19.3 Å². The molecule has 0 atom stereocenters. The van der Waals surface area contributed by atoms with E-state index in [1.807, 2.05) is 24.4 Å². The monoisotopic (exact) mass is 330 g/mol. The number of rotatable bonds is 5. The van der Waals surface area contributed by atoms with E-state index in [9.17, 15) is 9.18 Å². The Morgan fingerprint density at radius 3 is 2.87 bits per heavy atom. The average Bonchev–Trinajstić information content (AvgIpc) is 2.94. The van der Waals surface area contributed by atoms with Crippen molar-refractivity contribution in [1.29, 1.82) is 0 Å². The molecule has 0 unspecified atom stereocenters. The first-order valence-corrected chi connectivity index (χ1v) is 7.81. The molecule has 1 aromatic heterocycles. The van der Waals surface area contributed by atoms with Crippen LogP contribution in [0.1, 0.15) is 18.4 Å². The lowest BCUT2D eigenvalue weighted by molar-refractivity contribution is -0.116. The second-order valence-corrected chi connectivity index (χ2v) is 5.82. The van der Waals surface area contributed by atoms with Crippen LogP contribution in [-0.4, -0.2) is 10.9 Å². The van der Waals surface area contributed by atoms with Crippen molar-refractivity contribution in [3.8, 4) is 0 Å². The number of hydrogen-bond acceptors (Lipinski definition) is 1. The number of carbonyl (C=O) groups is 1. The van der Waals surface area contributed by atoms with Crippen LogP contribution in [0.15, 0.2) is 48.7 Å². The van der Waals surface area contributed by atoms with Crippen LogP contribution in [0.2, 0.25) is 5.02 Å². The Morgan fingerprint density at radius 2 is 2.04 bits per heavy atom. The predicted molar refractivity (Wildman–Crippen MR) is 91.3 cm³/mol. The first-order chi connectivity index (χ1) is 11.1. The smallest absolute Gasteiger partial charge is 0.224 e. The van der Waals surface area contributed by atoms with Gasteiger partial charge in [0.05, 0.1) is 5.69 Å². The summed E-state index contributed by atoms with van der Waals surface area (Å²) in [6, 6.07) is 12.3. The third kappa shape index (κ3) is 3.71. The highest BCUT2D eigenvalue weighted by Crippen LogP contribution is 2.21. The average molecular weight is 331 g/mol. The van der Waals surface area contributed by atoms with Gasteiger partial charge in [0.2, 0.25) is 5.91 Å². The Morgan fingerprint density at radius 1 is 1.22 bits per heavy atom. The van der Waals surface area contributed by atoms with Gasteiger partial charge in [-0.2, -0.15) is 0 Å². The molecule has 2 aromatic carbocycles. The fourth-order valence-corrected chi connectivity index (χ4v) is 2.74. The molecule has 118 valence electrons. The van der Waals surface area contributed by atoms with Gasteiger partial charge in [-0.05, 0) is 42.7 Å². The molecule has 0 aliphatic heterocycles. The molecule has 0 aliphatic rings. The molecular formula is C18H16ClFN2O. The number of benzene rings is 2. The van der Waals surface area contributed by atoms with Gasteiger partial charge in [-0.25, -0.2) is 4.39 Å². The predicted octanol–water partition coefficient (Wildman–Crippen LogP) is 4.92. The molecule has 1 amide bonds. The summed E-state index contributed by atoms with van der Waals surface area (Å²) in [7, 11) is 0. The Kier molecular flexibility index (Phi) is 4.63. The molecule has 0 saturated heterocycles. The van der Waals surface area contributed by atoms with Crippen LogP contribution < -0.4 is 5.32 Å². The third-order valence-electron chi connectivity index (χ3n) is 3.73. The van der Waals surface area contributed by atoms with Crippen LogP contribution >= 0.6 is 11.6 Å². The van der Waals surface area contributed by atoms with Crippen LogP contribution in [0.25, 0.3) is 10.9 Å². The number of para-hydroxylation sites is 1. The van der Waals surface area contributed by atoms with Crippen LogP contribution in [0.5, 0.6) is 0 Å². The lowest BCUT2D eigenvalue weighted by Crippen LogP contribution is -2.12. The number of nitrogens with one attached hydrogen (secondary N) is 2. The number of aromatic amines is 1. The van der Waals surface area contributed by atoms with E-state index in [0.29, 0.717) is 17.9 Å². The highest BCUT2D eigenvalue weighted by Gasteiger charge is 2.08. The number of hydrogen-bond donors (Lipinski definition) is 2. The molecule has 0 bridgehead atoms. The molecule has 3 aromatic rings. The zero-order valence-corrected chi connectivity index (χ0v) is 13.2. The fourth-order valence-electron chi connectivity index (χ4n) is 2.58. The Labute approximate surface area is 138 Å². The summed E-state index contributed by atoms with van der Waals surface area (Å²) in [6.45, 7) is 0. The van der Waals surface area contributed by atoms with Crippen LogP contribution in [0.4, 0.5) is 10.1 Å². The van der Waals surface area contributed by atoms with Crippen molar-refractivity contribution >= 4 is 34.1 Å². The topological polar surface area (TPSA) is 44.9 Å². The maximum Gasteiger partial charge on any atom is 0.224 e. The Bertz CT molecular complexity index is 844. The molecule has 0 saturated carbocycles. The van der Waals surface area contributed by atoms with Crippen molar-refractivity contribution in [3.05, 3.63) is 65.1 Å². The van der Waals surface area contributed by atoms with Crippen LogP contribution in [0, 0.1) is 5.82 Å². The summed E-state index contributed by atoms with van der Waals surface area (Å²) in [4.78, 5) is 15.1. The number of amides is 1. The van der Waals surface area contributed by atoms with Crippen molar-refractivity contribution in [3.63, 3.8) is 0 Å².